The van der Waals surface area contributed by atoms with E-state index in [-0.39, 0.29) is 0 Å². The second-order valence-corrected chi connectivity index (χ2v) is 7.04. The molecule has 0 amide bonds. The number of rotatable bonds is 6. The molecule has 21 heavy (non-hydrogen) atoms. The molecule has 0 spiro atoms. The van der Waals surface area contributed by atoms with Gasteiger partial charge in [-0.05, 0) is 63.6 Å². The summed E-state index contributed by atoms with van der Waals surface area (Å²) >= 11 is 0. The summed E-state index contributed by atoms with van der Waals surface area (Å²) in [5, 5.41) is 11.1. The Hall–Kier alpha value is -0.860. The molecule has 1 N–H and O–H groups in total. The molecule has 2 aliphatic rings. The van der Waals surface area contributed by atoms with Crippen LogP contribution in [-0.4, -0.2) is 35.2 Å². The minimum atomic E-state index is -0.391. The molecule has 2 unspecified atom stereocenters. The maximum Gasteiger partial charge on any atom is 0.0688 e. The molecule has 116 valence electrons. The zero-order valence-corrected chi connectivity index (χ0v) is 13.1. The SMILES string of the molecule is OC1(CCCc2ccccc2)CCCC1CN1CCCC1. The highest BCUT2D eigenvalue weighted by atomic mass is 16.3. The molecular weight excluding hydrogens is 258 g/mol. The first-order valence-corrected chi connectivity index (χ1v) is 8.75. The summed E-state index contributed by atoms with van der Waals surface area (Å²) in [6, 6.07) is 10.7. The Labute approximate surface area is 129 Å². The first kappa shape index (κ1) is 15.1. The van der Waals surface area contributed by atoms with Gasteiger partial charge < -0.3 is 10.0 Å². The van der Waals surface area contributed by atoms with Gasteiger partial charge in [0.2, 0.25) is 0 Å². The molecule has 2 fully saturated rings. The maximum atomic E-state index is 11.1. The minimum absolute atomic E-state index is 0.391. The fraction of sp³-hybridized carbons (Fsp3) is 0.684. The van der Waals surface area contributed by atoms with Gasteiger partial charge >= 0.3 is 0 Å². The lowest BCUT2D eigenvalue weighted by Crippen LogP contribution is -2.40. The van der Waals surface area contributed by atoms with Crippen molar-refractivity contribution in [2.75, 3.05) is 19.6 Å². The van der Waals surface area contributed by atoms with Crippen LogP contribution in [0, 0.1) is 5.92 Å². The number of likely N-dealkylation sites (tertiary alicyclic amines) is 1. The lowest BCUT2D eigenvalue weighted by atomic mass is 9.85. The third kappa shape index (κ3) is 3.87. The fourth-order valence-electron chi connectivity index (χ4n) is 4.24. The van der Waals surface area contributed by atoms with Crippen molar-refractivity contribution in [1.82, 2.24) is 4.90 Å². The van der Waals surface area contributed by atoms with Crippen LogP contribution in [0.2, 0.25) is 0 Å². The Morgan fingerprint density at radius 2 is 1.86 bits per heavy atom. The Balaban J connectivity index is 1.49. The number of aliphatic hydroxyl groups is 1. The van der Waals surface area contributed by atoms with E-state index in [0.29, 0.717) is 5.92 Å². The van der Waals surface area contributed by atoms with Crippen molar-refractivity contribution in [1.29, 1.82) is 0 Å². The summed E-state index contributed by atoms with van der Waals surface area (Å²) in [5.41, 5.74) is 1.01. The number of hydrogen-bond acceptors (Lipinski definition) is 2. The highest BCUT2D eigenvalue weighted by molar-refractivity contribution is 5.14. The van der Waals surface area contributed by atoms with E-state index >= 15 is 0 Å². The van der Waals surface area contributed by atoms with Crippen LogP contribution in [0.3, 0.4) is 0 Å². The summed E-state index contributed by atoms with van der Waals surface area (Å²) < 4.78 is 0. The molecule has 0 radical (unpaired) electrons. The highest BCUT2D eigenvalue weighted by Crippen LogP contribution is 2.40. The molecule has 1 heterocycles. The van der Waals surface area contributed by atoms with Crippen LogP contribution in [0.1, 0.15) is 50.5 Å². The van der Waals surface area contributed by atoms with Crippen molar-refractivity contribution >= 4 is 0 Å². The van der Waals surface area contributed by atoms with E-state index in [9.17, 15) is 5.11 Å². The third-order valence-electron chi connectivity index (χ3n) is 5.52. The van der Waals surface area contributed by atoms with Crippen LogP contribution in [0.5, 0.6) is 0 Å². The normalized spacial score (nSPS) is 30.0. The van der Waals surface area contributed by atoms with Crippen molar-refractivity contribution in [2.45, 2.75) is 57.0 Å². The van der Waals surface area contributed by atoms with Gasteiger partial charge in [-0.3, -0.25) is 0 Å². The minimum Gasteiger partial charge on any atom is -0.390 e. The van der Waals surface area contributed by atoms with Crippen LogP contribution in [0.15, 0.2) is 30.3 Å². The Bertz CT molecular complexity index is 426. The zero-order valence-electron chi connectivity index (χ0n) is 13.1. The van der Waals surface area contributed by atoms with E-state index in [4.69, 9.17) is 0 Å². The molecule has 3 rings (SSSR count). The lowest BCUT2D eigenvalue weighted by Gasteiger charge is -2.33. The molecule has 1 aliphatic heterocycles. The molecule has 2 atom stereocenters. The quantitative estimate of drug-likeness (QED) is 0.863. The van der Waals surface area contributed by atoms with E-state index < -0.39 is 5.60 Å². The summed E-state index contributed by atoms with van der Waals surface area (Å²) in [4.78, 5) is 2.57. The van der Waals surface area contributed by atoms with Crippen LogP contribution < -0.4 is 0 Å². The smallest absolute Gasteiger partial charge is 0.0688 e. The second kappa shape index (κ2) is 6.93. The van der Waals surface area contributed by atoms with Crippen molar-refractivity contribution in [2.24, 2.45) is 5.92 Å². The average molecular weight is 287 g/mol. The number of nitrogens with zero attached hydrogens (tertiary/aromatic N) is 1. The zero-order chi connectivity index (χ0) is 14.5. The van der Waals surface area contributed by atoms with E-state index in [1.54, 1.807) is 0 Å². The predicted octanol–water partition coefficient (Wildman–Crippen LogP) is 3.64. The van der Waals surface area contributed by atoms with Gasteiger partial charge in [-0.2, -0.15) is 0 Å². The molecule has 1 aromatic carbocycles. The molecule has 1 aromatic rings. The Morgan fingerprint density at radius 3 is 2.62 bits per heavy atom. The number of hydrogen-bond donors (Lipinski definition) is 1. The van der Waals surface area contributed by atoms with E-state index in [0.717, 1.165) is 32.2 Å². The van der Waals surface area contributed by atoms with Crippen molar-refractivity contribution in [3.8, 4) is 0 Å². The summed E-state index contributed by atoms with van der Waals surface area (Å²) in [6.07, 6.45) is 9.31. The van der Waals surface area contributed by atoms with E-state index in [1.807, 2.05) is 0 Å². The van der Waals surface area contributed by atoms with Gasteiger partial charge in [0, 0.05) is 12.5 Å². The first-order valence-electron chi connectivity index (χ1n) is 8.75. The molecule has 1 aliphatic carbocycles. The molecule has 0 aromatic heterocycles. The van der Waals surface area contributed by atoms with E-state index in [1.165, 1.54) is 44.3 Å². The first-order chi connectivity index (χ1) is 10.3. The molecular formula is C19H29NO. The monoisotopic (exact) mass is 287 g/mol. The molecule has 2 heteroatoms. The highest BCUT2D eigenvalue weighted by Gasteiger charge is 2.41. The van der Waals surface area contributed by atoms with Crippen LogP contribution >= 0.6 is 0 Å². The molecule has 2 nitrogen and oxygen atoms in total. The average Bonchev–Trinajstić information content (AvgIpc) is 3.12. The maximum absolute atomic E-state index is 11.1. The van der Waals surface area contributed by atoms with Gasteiger partial charge in [0.05, 0.1) is 5.60 Å². The Morgan fingerprint density at radius 1 is 1.10 bits per heavy atom. The molecule has 1 saturated heterocycles. The van der Waals surface area contributed by atoms with Crippen LogP contribution in [0.4, 0.5) is 0 Å². The van der Waals surface area contributed by atoms with Gasteiger partial charge in [-0.15, -0.1) is 0 Å². The van der Waals surface area contributed by atoms with Crippen LogP contribution in [-0.2, 0) is 6.42 Å². The van der Waals surface area contributed by atoms with Crippen molar-refractivity contribution in [3.63, 3.8) is 0 Å². The van der Waals surface area contributed by atoms with Crippen molar-refractivity contribution < 1.29 is 5.11 Å². The molecule has 0 bridgehead atoms. The summed E-state index contributed by atoms with van der Waals surface area (Å²) in [5.74, 6) is 0.506. The van der Waals surface area contributed by atoms with Gasteiger partial charge in [0.15, 0.2) is 0 Å². The number of aryl methyl sites for hydroxylation is 1. The van der Waals surface area contributed by atoms with E-state index in [2.05, 4.69) is 35.2 Å². The van der Waals surface area contributed by atoms with Crippen LogP contribution in [0.25, 0.3) is 0 Å². The summed E-state index contributed by atoms with van der Waals surface area (Å²) in [7, 11) is 0. The van der Waals surface area contributed by atoms with Gasteiger partial charge in [0.1, 0.15) is 0 Å². The van der Waals surface area contributed by atoms with Crippen molar-refractivity contribution in [3.05, 3.63) is 35.9 Å². The standard InChI is InChI=1S/C19H29NO/c21-19(12-6-10-17-8-2-1-3-9-17)13-7-11-18(19)16-20-14-4-5-15-20/h1-3,8-9,18,21H,4-7,10-16H2. The fourth-order valence-corrected chi connectivity index (χ4v) is 4.24. The molecule has 1 saturated carbocycles. The lowest BCUT2D eigenvalue weighted by molar-refractivity contribution is -0.0173. The predicted molar refractivity (Wildman–Crippen MR) is 87.3 cm³/mol. The topological polar surface area (TPSA) is 23.5 Å². The summed E-state index contributed by atoms with van der Waals surface area (Å²) in [6.45, 7) is 3.62. The second-order valence-electron chi connectivity index (χ2n) is 7.04. The van der Waals surface area contributed by atoms with Gasteiger partial charge in [-0.1, -0.05) is 36.8 Å². The van der Waals surface area contributed by atoms with Gasteiger partial charge in [0.25, 0.3) is 0 Å². The number of benzene rings is 1. The van der Waals surface area contributed by atoms with Gasteiger partial charge in [-0.25, -0.2) is 0 Å². The third-order valence-corrected chi connectivity index (χ3v) is 5.52. The Kier molecular flexibility index (Phi) is 4.97. The largest absolute Gasteiger partial charge is 0.390 e.